The molecule has 0 aliphatic heterocycles. The van der Waals surface area contributed by atoms with Crippen molar-refractivity contribution in [1.82, 2.24) is 29.1 Å². The lowest BCUT2D eigenvalue weighted by Gasteiger charge is -2.29. The third-order valence-electron chi connectivity index (χ3n) is 5.00. The summed E-state index contributed by atoms with van der Waals surface area (Å²) in [7, 11) is -0.341. The van der Waals surface area contributed by atoms with E-state index in [9.17, 15) is 0 Å². The molecule has 0 N–H and O–H groups in total. The minimum absolute atomic E-state index is 0.341. The van der Waals surface area contributed by atoms with E-state index in [1.165, 1.54) is 0 Å². The van der Waals surface area contributed by atoms with Crippen LogP contribution in [0.15, 0.2) is 91.4 Å². The van der Waals surface area contributed by atoms with Crippen LogP contribution in [0.25, 0.3) is 32.7 Å². The molecule has 0 aliphatic carbocycles. The summed E-state index contributed by atoms with van der Waals surface area (Å²) in [6.07, 6.45) is 6.12. The Morgan fingerprint density at radius 1 is 0.464 bits per heavy atom. The van der Waals surface area contributed by atoms with Crippen LogP contribution in [0.5, 0.6) is 0 Å². The van der Waals surface area contributed by atoms with Gasteiger partial charge in [-0.2, -0.15) is 0 Å². The first kappa shape index (κ1) is 15.2. The molecule has 0 amide bonds. The molecule has 6 rings (SSSR count). The lowest BCUT2D eigenvalue weighted by molar-refractivity contribution is 0.785. The molecule has 6 nitrogen and oxygen atoms in total. The molecular weight excluding hydrogens is 347 g/mol. The largest absolute Gasteiger partial charge is 0.424 e. The van der Waals surface area contributed by atoms with Crippen LogP contribution in [-0.2, 0) is 0 Å². The molecule has 3 heterocycles. The first-order valence-electron chi connectivity index (χ1n) is 9.17. The summed E-state index contributed by atoms with van der Waals surface area (Å²) in [6, 6.07) is 24.3. The van der Waals surface area contributed by atoms with Crippen molar-refractivity contribution in [2.45, 2.75) is 0 Å². The van der Waals surface area contributed by atoms with Crippen LogP contribution >= 0.6 is 0 Å². The van der Waals surface area contributed by atoms with E-state index < -0.39 is 0 Å². The number of nitrogens with zero attached hydrogens (tertiary/aromatic N) is 6. The highest BCUT2D eigenvalue weighted by molar-refractivity contribution is 6.53. The second kappa shape index (κ2) is 5.82. The highest BCUT2D eigenvalue weighted by Gasteiger charge is 2.13. The lowest BCUT2D eigenvalue weighted by Crippen LogP contribution is -2.42. The maximum Gasteiger partial charge on any atom is 0.260 e. The van der Waals surface area contributed by atoms with Crippen molar-refractivity contribution in [2.24, 2.45) is 0 Å². The number of hydrogen-bond donors (Lipinski definition) is 0. The van der Waals surface area contributed by atoms with Gasteiger partial charge >= 0.3 is 0 Å². The number of hydrogen-bond acceptors (Lipinski definition) is 3. The summed E-state index contributed by atoms with van der Waals surface area (Å²) < 4.78 is 5.76. The Labute approximate surface area is 160 Å². The second-order valence-electron chi connectivity index (χ2n) is 6.85. The number of benzene rings is 3. The van der Waals surface area contributed by atoms with Crippen molar-refractivity contribution in [2.75, 3.05) is 0 Å². The predicted molar refractivity (Wildman–Crippen MR) is 111 cm³/mol. The van der Waals surface area contributed by atoms with Gasteiger partial charge in [0, 0.05) is 16.2 Å². The predicted octanol–water partition coefficient (Wildman–Crippen LogP) is 3.67. The maximum absolute atomic E-state index is 4.80. The number of fused-ring (bicyclic) bond motifs is 3. The summed E-state index contributed by atoms with van der Waals surface area (Å²) in [6.45, 7) is 0. The van der Waals surface area contributed by atoms with Gasteiger partial charge in [-0.15, -0.1) is 0 Å². The molecule has 1 radical (unpaired) electrons. The summed E-state index contributed by atoms with van der Waals surface area (Å²) >= 11 is 0. The molecule has 0 aliphatic rings. The van der Waals surface area contributed by atoms with Gasteiger partial charge in [-0.25, -0.2) is 15.3 Å². The molecule has 0 fully saturated rings. The Morgan fingerprint density at radius 2 is 0.786 bits per heavy atom. The van der Waals surface area contributed by atoms with Crippen molar-refractivity contribution in [3.05, 3.63) is 91.4 Å². The molecule has 0 saturated heterocycles. The van der Waals surface area contributed by atoms with Crippen molar-refractivity contribution >= 4 is 39.8 Å². The lowest BCUT2D eigenvalue weighted by atomic mass is 9.95. The monoisotopic (exact) mass is 362 g/mol. The fourth-order valence-corrected chi connectivity index (χ4v) is 3.67. The van der Waals surface area contributed by atoms with E-state index in [-0.39, 0.29) is 7.12 Å². The average molecular weight is 362 g/mol. The molecule has 0 saturated carbocycles. The fraction of sp³-hybridized carbons (Fsp3) is 0. The van der Waals surface area contributed by atoms with Crippen molar-refractivity contribution in [3.8, 4) is 0 Å². The van der Waals surface area contributed by atoms with E-state index in [4.69, 9.17) is 15.3 Å². The van der Waals surface area contributed by atoms with Gasteiger partial charge in [0.2, 0.25) is 0 Å². The summed E-state index contributed by atoms with van der Waals surface area (Å²) in [5.74, 6) is 0. The zero-order valence-electron chi connectivity index (χ0n) is 14.9. The van der Waals surface area contributed by atoms with Gasteiger partial charge in [0.05, 0.1) is 16.6 Å². The van der Waals surface area contributed by atoms with Gasteiger partial charge in [-0.3, -0.25) is 0 Å². The highest BCUT2D eigenvalue weighted by atomic mass is 15.4. The molecule has 0 spiro atoms. The summed E-state index contributed by atoms with van der Waals surface area (Å²) in [4.78, 5) is 0. The Kier molecular flexibility index (Phi) is 3.16. The Bertz CT molecular complexity index is 1170. The number of aromatic nitrogens is 6. The van der Waals surface area contributed by atoms with Crippen LogP contribution in [-0.4, -0.2) is 36.2 Å². The first-order chi connectivity index (χ1) is 13.8. The van der Waals surface area contributed by atoms with Gasteiger partial charge < -0.3 is 13.8 Å². The Balaban J connectivity index is 1.60. The molecule has 28 heavy (non-hydrogen) atoms. The zero-order chi connectivity index (χ0) is 18.5. The second-order valence-corrected chi connectivity index (χ2v) is 6.85. The van der Waals surface area contributed by atoms with E-state index >= 15 is 0 Å². The quantitative estimate of drug-likeness (QED) is 0.452. The SMILES string of the molecule is c1ccc2nn([B-](n3cc4ccccc4n3)n3cc4ccccc4n3)cc2c1. The van der Waals surface area contributed by atoms with Crippen LogP contribution < -0.4 is 0 Å². The Hall–Kier alpha value is -3.87. The standard InChI is InChI=1S/C21H15BN6/c1-4-10-19-16(7-1)13-26(23-19)22(27-14-17-8-2-5-11-20(17)24-27)28-15-18-9-3-6-12-21(18)25-28/h1-15H/q-1. The molecule has 6 aromatic rings. The van der Waals surface area contributed by atoms with E-state index in [0.29, 0.717) is 0 Å². The van der Waals surface area contributed by atoms with Crippen molar-refractivity contribution < 1.29 is 0 Å². The van der Waals surface area contributed by atoms with Gasteiger partial charge in [0.15, 0.2) is 0 Å². The van der Waals surface area contributed by atoms with Crippen LogP contribution in [0.4, 0.5) is 0 Å². The maximum atomic E-state index is 4.80. The van der Waals surface area contributed by atoms with Gasteiger partial charge in [-0.05, 0) is 36.8 Å². The number of rotatable bonds is 3. The molecule has 0 unspecified atom stereocenters. The van der Waals surface area contributed by atoms with E-state index in [1.807, 2.05) is 87.0 Å². The first-order valence-corrected chi connectivity index (χ1v) is 9.17. The molecule has 7 heteroatoms. The molecule has 0 bridgehead atoms. The highest BCUT2D eigenvalue weighted by Crippen LogP contribution is 2.17. The van der Waals surface area contributed by atoms with E-state index in [2.05, 4.69) is 18.2 Å². The fourth-order valence-electron chi connectivity index (χ4n) is 3.67. The summed E-state index contributed by atoms with van der Waals surface area (Å²) in [5.41, 5.74) is 2.84. The van der Waals surface area contributed by atoms with E-state index in [1.54, 1.807) is 0 Å². The van der Waals surface area contributed by atoms with Crippen molar-refractivity contribution in [1.29, 1.82) is 0 Å². The van der Waals surface area contributed by atoms with E-state index in [0.717, 1.165) is 32.7 Å². The third-order valence-corrected chi connectivity index (χ3v) is 5.00. The smallest absolute Gasteiger partial charge is 0.260 e. The molecule has 0 atom stereocenters. The van der Waals surface area contributed by atoms with Crippen LogP contribution in [0.3, 0.4) is 0 Å². The minimum atomic E-state index is -0.341. The molecule has 3 aromatic heterocycles. The van der Waals surface area contributed by atoms with Crippen molar-refractivity contribution in [3.63, 3.8) is 0 Å². The van der Waals surface area contributed by atoms with Crippen LogP contribution in [0.1, 0.15) is 0 Å². The van der Waals surface area contributed by atoms with Crippen LogP contribution in [0, 0.1) is 0 Å². The Morgan fingerprint density at radius 3 is 1.11 bits per heavy atom. The minimum Gasteiger partial charge on any atom is -0.424 e. The van der Waals surface area contributed by atoms with Gasteiger partial charge in [-0.1, -0.05) is 54.6 Å². The average Bonchev–Trinajstić information content (AvgIpc) is 3.44. The third kappa shape index (κ3) is 2.33. The molecule has 133 valence electrons. The molecular formula is C21H15BN6-. The van der Waals surface area contributed by atoms with Crippen LogP contribution in [0.2, 0.25) is 0 Å². The zero-order valence-corrected chi connectivity index (χ0v) is 14.9. The van der Waals surface area contributed by atoms with Gasteiger partial charge in [0.25, 0.3) is 7.12 Å². The summed E-state index contributed by atoms with van der Waals surface area (Å²) in [5, 5.41) is 17.7. The van der Waals surface area contributed by atoms with Gasteiger partial charge in [0.1, 0.15) is 0 Å². The molecule has 3 aromatic carbocycles. The topological polar surface area (TPSA) is 53.5 Å². The normalized spacial score (nSPS) is 11.9.